The summed E-state index contributed by atoms with van der Waals surface area (Å²) in [6, 6.07) is 0. The van der Waals surface area contributed by atoms with Crippen molar-refractivity contribution in [3.8, 4) is 0 Å². The molecule has 0 aromatic heterocycles. The monoisotopic (exact) mass is 251 g/mol. The minimum Gasteiger partial charge on any atom is -0.319 e. The highest BCUT2D eigenvalue weighted by molar-refractivity contribution is 4.94. The highest BCUT2D eigenvalue weighted by Crippen LogP contribution is 2.50. The fourth-order valence-corrected chi connectivity index (χ4v) is 4.65. The summed E-state index contributed by atoms with van der Waals surface area (Å²) in [7, 11) is 2.15. The maximum absolute atomic E-state index is 3.51. The predicted molar refractivity (Wildman–Crippen MR) is 79.8 cm³/mol. The van der Waals surface area contributed by atoms with Gasteiger partial charge in [0.25, 0.3) is 0 Å². The Morgan fingerprint density at radius 3 is 2.28 bits per heavy atom. The van der Waals surface area contributed by atoms with E-state index in [0.29, 0.717) is 5.41 Å². The molecule has 0 radical (unpaired) electrons. The van der Waals surface area contributed by atoms with Gasteiger partial charge in [-0.2, -0.15) is 0 Å². The summed E-state index contributed by atoms with van der Waals surface area (Å²) in [5.41, 5.74) is 0.675. The van der Waals surface area contributed by atoms with Gasteiger partial charge in [0.15, 0.2) is 0 Å². The van der Waals surface area contributed by atoms with Gasteiger partial charge in [0, 0.05) is 6.54 Å². The van der Waals surface area contributed by atoms with Gasteiger partial charge in [-0.25, -0.2) is 0 Å². The van der Waals surface area contributed by atoms with Crippen LogP contribution in [0.1, 0.15) is 77.6 Å². The van der Waals surface area contributed by atoms with E-state index in [0.717, 1.165) is 11.8 Å². The Hall–Kier alpha value is -0.0400. The van der Waals surface area contributed by atoms with Crippen molar-refractivity contribution >= 4 is 0 Å². The molecule has 2 aliphatic rings. The summed E-state index contributed by atoms with van der Waals surface area (Å²) in [6.07, 6.45) is 16.4. The molecular formula is C17H33N. The molecule has 0 bridgehead atoms. The Balaban J connectivity index is 1.88. The largest absolute Gasteiger partial charge is 0.319 e. The summed E-state index contributed by atoms with van der Waals surface area (Å²) in [4.78, 5) is 0. The molecule has 0 heterocycles. The van der Waals surface area contributed by atoms with Crippen LogP contribution < -0.4 is 5.32 Å². The first kappa shape index (κ1) is 14.4. The molecule has 1 heteroatoms. The molecule has 2 saturated carbocycles. The van der Waals surface area contributed by atoms with Crippen LogP contribution in [-0.2, 0) is 0 Å². The Kier molecular flexibility index (Phi) is 5.54. The molecule has 0 atom stereocenters. The third-order valence-corrected chi connectivity index (χ3v) is 5.82. The molecule has 2 fully saturated rings. The average Bonchev–Trinajstić information content (AvgIpc) is 2.93. The van der Waals surface area contributed by atoms with Crippen LogP contribution in [0.5, 0.6) is 0 Å². The van der Waals surface area contributed by atoms with Crippen molar-refractivity contribution in [3.63, 3.8) is 0 Å². The Labute approximate surface area is 114 Å². The third-order valence-electron chi connectivity index (χ3n) is 5.82. The zero-order valence-corrected chi connectivity index (χ0v) is 12.6. The lowest BCUT2D eigenvalue weighted by atomic mass is 9.62. The van der Waals surface area contributed by atoms with Gasteiger partial charge in [-0.05, 0) is 62.8 Å². The highest BCUT2D eigenvalue weighted by atomic mass is 14.8. The van der Waals surface area contributed by atoms with E-state index in [1.165, 1.54) is 77.2 Å². The molecule has 2 rings (SSSR count). The van der Waals surface area contributed by atoms with E-state index in [9.17, 15) is 0 Å². The van der Waals surface area contributed by atoms with Gasteiger partial charge in [0.1, 0.15) is 0 Å². The lowest BCUT2D eigenvalue weighted by Gasteiger charge is -2.45. The first-order chi connectivity index (χ1) is 8.80. The standard InChI is InChI=1S/C17H33N/c1-3-4-7-15-10-12-17(13-11-15,14-18-2)16-8-5-6-9-16/h15-16,18H,3-14H2,1-2H3. The summed E-state index contributed by atoms with van der Waals surface area (Å²) in [6.45, 7) is 3.60. The van der Waals surface area contributed by atoms with Crippen molar-refractivity contribution in [2.24, 2.45) is 17.3 Å². The number of nitrogens with one attached hydrogen (secondary N) is 1. The van der Waals surface area contributed by atoms with Crippen molar-refractivity contribution in [1.82, 2.24) is 5.32 Å². The summed E-state index contributed by atoms with van der Waals surface area (Å²) in [5, 5.41) is 3.51. The molecule has 1 N–H and O–H groups in total. The predicted octanol–water partition coefficient (Wildman–Crippen LogP) is 4.76. The first-order valence-electron chi connectivity index (χ1n) is 8.45. The van der Waals surface area contributed by atoms with E-state index in [1.807, 2.05) is 0 Å². The molecule has 0 aromatic rings. The van der Waals surface area contributed by atoms with E-state index in [4.69, 9.17) is 0 Å². The zero-order valence-electron chi connectivity index (χ0n) is 12.6. The molecular weight excluding hydrogens is 218 g/mol. The van der Waals surface area contributed by atoms with Crippen molar-refractivity contribution in [2.45, 2.75) is 77.6 Å². The fourth-order valence-electron chi connectivity index (χ4n) is 4.65. The van der Waals surface area contributed by atoms with Crippen LogP contribution in [0.2, 0.25) is 0 Å². The Morgan fingerprint density at radius 2 is 1.72 bits per heavy atom. The van der Waals surface area contributed by atoms with E-state index in [2.05, 4.69) is 19.3 Å². The summed E-state index contributed by atoms with van der Waals surface area (Å²) in [5.74, 6) is 2.09. The smallest absolute Gasteiger partial charge is 0.000746 e. The topological polar surface area (TPSA) is 12.0 Å². The van der Waals surface area contributed by atoms with Gasteiger partial charge in [-0.1, -0.05) is 39.0 Å². The van der Waals surface area contributed by atoms with Crippen LogP contribution in [0.4, 0.5) is 0 Å². The second-order valence-electron chi connectivity index (χ2n) is 6.96. The van der Waals surface area contributed by atoms with Crippen LogP contribution in [0.25, 0.3) is 0 Å². The van der Waals surface area contributed by atoms with Crippen LogP contribution in [0, 0.1) is 17.3 Å². The normalized spacial score (nSPS) is 34.0. The van der Waals surface area contributed by atoms with Crippen LogP contribution in [0.3, 0.4) is 0 Å². The molecule has 0 aliphatic heterocycles. The molecule has 106 valence electrons. The van der Waals surface area contributed by atoms with Crippen molar-refractivity contribution < 1.29 is 0 Å². The van der Waals surface area contributed by atoms with Crippen LogP contribution in [-0.4, -0.2) is 13.6 Å². The zero-order chi connectivity index (χ0) is 12.8. The maximum Gasteiger partial charge on any atom is 0.000746 e. The SMILES string of the molecule is CCCCC1CCC(CNC)(C2CCCC2)CC1. The van der Waals surface area contributed by atoms with E-state index < -0.39 is 0 Å². The molecule has 18 heavy (non-hydrogen) atoms. The van der Waals surface area contributed by atoms with Gasteiger partial charge >= 0.3 is 0 Å². The number of hydrogen-bond donors (Lipinski definition) is 1. The van der Waals surface area contributed by atoms with E-state index in [1.54, 1.807) is 0 Å². The summed E-state index contributed by atoms with van der Waals surface area (Å²) < 4.78 is 0. The molecule has 0 amide bonds. The van der Waals surface area contributed by atoms with Gasteiger partial charge in [0.05, 0.1) is 0 Å². The number of hydrogen-bond acceptors (Lipinski definition) is 1. The average molecular weight is 251 g/mol. The minimum absolute atomic E-state index is 0.675. The number of rotatable bonds is 6. The van der Waals surface area contributed by atoms with Gasteiger partial charge in [-0.3, -0.25) is 0 Å². The molecule has 2 aliphatic carbocycles. The fraction of sp³-hybridized carbons (Fsp3) is 1.00. The summed E-state index contributed by atoms with van der Waals surface area (Å²) >= 11 is 0. The molecule has 0 aromatic carbocycles. The molecule has 0 unspecified atom stereocenters. The van der Waals surface area contributed by atoms with Gasteiger partial charge < -0.3 is 5.32 Å². The quantitative estimate of drug-likeness (QED) is 0.717. The second kappa shape index (κ2) is 6.93. The van der Waals surface area contributed by atoms with Crippen molar-refractivity contribution in [1.29, 1.82) is 0 Å². The Morgan fingerprint density at radius 1 is 1.06 bits per heavy atom. The lowest BCUT2D eigenvalue weighted by molar-refractivity contribution is 0.0729. The first-order valence-corrected chi connectivity index (χ1v) is 8.45. The van der Waals surface area contributed by atoms with Crippen molar-refractivity contribution in [3.05, 3.63) is 0 Å². The van der Waals surface area contributed by atoms with Crippen LogP contribution >= 0.6 is 0 Å². The van der Waals surface area contributed by atoms with Gasteiger partial charge in [-0.15, -0.1) is 0 Å². The molecule has 0 saturated heterocycles. The third kappa shape index (κ3) is 3.29. The second-order valence-corrected chi connectivity index (χ2v) is 6.96. The van der Waals surface area contributed by atoms with E-state index in [-0.39, 0.29) is 0 Å². The molecule has 1 nitrogen and oxygen atoms in total. The number of unbranched alkanes of at least 4 members (excludes halogenated alkanes) is 1. The molecule has 0 spiro atoms. The maximum atomic E-state index is 3.51. The van der Waals surface area contributed by atoms with Crippen LogP contribution in [0.15, 0.2) is 0 Å². The Bertz CT molecular complexity index is 222. The lowest BCUT2D eigenvalue weighted by Crippen LogP contribution is -2.41. The minimum atomic E-state index is 0.675. The highest BCUT2D eigenvalue weighted by Gasteiger charge is 2.41. The van der Waals surface area contributed by atoms with E-state index >= 15 is 0 Å². The van der Waals surface area contributed by atoms with Gasteiger partial charge in [0.2, 0.25) is 0 Å². The van der Waals surface area contributed by atoms with Crippen molar-refractivity contribution in [2.75, 3.05) is 13.6 Å².